The van der Waals surface area contributed by atoms with Crippen molar-refractivity contribution < 1.29 is 17.9 Å². The third kappa shape index (κ3) is 14.6. The molecule has 1 saturated heterocycles. The number of ether oxygens (including phenoxy) is 1. The van der Waals surface area contributed by atoms with Gasteiger partial charge >= 0.3 is 6.18 Å². The van der Waals surface area contributed by atoms with Crippen LogP contribution in [0.5, 0.6) is 0 Å². The Morgan fingerprint density at radius 3 is 2.20 bits per heavy atom. The van der Waals surface area contributed by atoms with Crippen LogP contribution in [0.25, 0.3) is 0 Å². The second-order valence-corrected chi connectivity index (χ2v) is 6.06. The highest BCUT2D eigenvalue weighted by atomic mass is 127. The van der Waals surface area contributed by atoms with Gasteiger partial charge in [-0.25, -0.2) is 0 Å². The number of guanidine groups is 1. The third-order valence-electron chi connectivity index (χ3n) is 3.89. The van der Waals surface area contributed by atoms with Crippen LogP contribution in [0.4, 0.5) is 13.2 Å². The summed E-state index contributed by atoms with van der Waals surface area (Å²) in [5.41, 5.74) is 0. The first-order valence-corrected chi connectivity index (χ1v) is 8.82. The van der Waals surface area contributed by atoms with Gasteiger partial charge < -0.3 is 20.3 Å². The van der Waals surface area contributed by atoms with Crippen LogP contribution >= 0.6 is 24.0 Å². The summed E-state index contributed by atoms with van der Waals surface area (Å²) in [6, 6.07) is 0. The highest BCUT2D eigenvalue weighted by molar-refractivity contribution is 14.0. The molecule has 0 radical (unpaired) electrons. The van der Waals surface area contributed by atoms with Gasteiger partial charge in [0.1, 0.15) is 6.61 Å². The Balaban J connectivity index is 0.00000576. The molecule has 150 valence electrons. The Hall–Kier alpha value is -0.290. The van der Waals surface area contributed by atoms with Crippen molar-refractivity contribution in [1.82, 2.24) is 15.5 Å². The molecular weight excluding hydrogens is 448 g/mol. The van der Waals surface area contributed by atoms with Gasteiger partial charge in [-0.05, 0) is 45.3 Å². The predicted octanol–water partition coefficient (Wildman–Crippen LogP) is 3.00. The topological polar surface area (TPSA) is 48.9 Å². The first kappa shape index (κ1) is 24.7. The molecule has 5 nitrogen and oxygen atoms in total. The number of alkyl halides is 3. The lowest BCUT2D eigenvalue weighted by Crippen LogP contribution is -2.39. The lowest BCUT2D eigenvalue weighted by atomic mass is 10.2. The Morgan fingerprint density at radius 2 is 1.64 bits per heavy atom. The van der Waals surface area contributed by atoms with Crippen LogP contribution in [-0.4, -0.2) is 70.0 Å². The summed E-state index contributed by atoms with van der Waals surface area (Å²) in [7, 11) is 1.68. The van der Waals surface area contributed by atoms with E-state index in [9.17, 15) is 13.2 Å². The van der Waals surface area contributed by atoms with Gasteiger partial charge in [-0.2, -0.15) is 13.2 Å². The number of nitrogens with one attached hydrogen (secondary N) is 2. The molecule has 0 aromatic carbocycles. The van der Waals surface area contributed by atoms with E-state index >= 15 is 0 Å². The van der Waals surface area contributed by atoms with Crippen LogP contribution < -0.4 is 10.6 Å². The molecule has 0 atom stereocenters. The van der Waals surface area contributed by atoms with Crippen molar-refractivity contribution in [2.24, 2.45) is 4.99 Å². The second kappa shape index (κ2) is 14.8. The smallest absolute Gasteiger partial charge is 0.372 e. The summed E-state index contributed by atoms with van der Waals surface area (Å²) >= 11 is 0. The molecule has 1 fully saturated rings. The SMILES string of the molecule is CN=C(NCCCOCC(F)(F)F)NCCCN1CCCCCC1.I. The van der Waals surface area contributed by atoms with Gasteiger partial charge in [-0.1, -0.05) is 12.8 Å². The molecular formula is C16H32F3IN4O. The average molecular weight is 480 g/mol. The van der Waals surface area contributed by atoms with Crippen LogP contribution in [-0.2, 0) is 4.74 Å². The summed E-state index contributed by atoms with van der Waals surface area (Å²) in [5, 5.41) is 6.31. The van der Waals surface area contributed by atoms with E-state index in [-0.39, 0.29) is 30.6 Å². The van der Waals surface area contributed by atoms with E-state index in [0.29, 0.717) is 18.9 Å². The molecule has 0 bridgehead atoms. The maximum absolute atomic E-state index is 11.9. The normalized spacial score (nSPS) is 16.9. The van der Waals surface area contributed by atoms with E-state index in [4.69, 9.17) is 0 Å². The first-order chi connectivity index (χ1) is 11.5. The molecule has 0 spiro atoms. The highest BCUT2D eigenvalue weighted by Gasteiger charge is 2.27. The molecule has 1 heterocycles. The van der Waals surface area contributed by atoms with Crippen molar-refractivity contribution in [3.63, 3.8) is 0 Å². The van der Waals surface area contributed by atoms with Gasteiger partial charge in [0.2, 0.25) is 0 Å². The van der Waals surface area contributed by atoms with Crippen LogP contribution in [0.2, 0.25) is 0 Å². The van der Waals surface area contributed by atoms with E-state index in [1.54, 1.807) is 7.05 Å². The summed E-state index contributed by atoms with van der Waals surface area (Å²) < 4.78 is 40.3. The fraction of sp³-hybridized carbons (Fsp3) is 0.938. The molecule has 9 heteroatoms. The molecule has 0 aromatic rings. The number of hydrogen-bond acceptors (Lipinski definition) is 3. The van der Waals surface area contributed by atoms with Gasteiger partial charge in [-0.15, -0.1) is 24.0 Å². The molecule has 1 rings (SSSR count). The zero-order valence-electron chi connectivity index (χ0n) is 15.0. The van der Waals surface area contributed by atoms with Crippen molar-refractivity contribution in [2.45, 2.75) is 44.7 Å². The zero-order valence-corrected chi connectivity index (χ0v) is 17.4. The monoisotopic (exact) mass is 480 g/mol. The Morgan fingerprint density at radius 1 is 1.04 bits per heavy atom. The molecule has 2 N–H and O–H groups in total. The lowest BCUT2D eigenvalue weighted by Gasteiger charge is -2.20. The van der Waals surface area contributed by atoms with E-state index in [0.717, 1.165) is 19.5 Å². The molecule has 0 amide bonds. The maximum atomic E-state index is 11.9. The summed E-state index contributed by atoms with van der Waals surface area (Å²) in [5.74, 6) is 0.682. The fourth-order valence-electron chi connectivity index (χ4n) is 2.66. The van der Waals surface area contributed by atoms with Crippen molar-refractivity contribution in [3.05, 3.63) is 0 Å². The average Bonchev–Trinajstić information content (AvgIpc) is 2.80. The molecule has 0 saturated carbocycles. The van der Waals surface area contributed by atoms with Gasteiger partial charge in [0.15, 0.2) is 5.96 Å². The Kier molecular flexibility index (Phi) is 14.7. The maximum Gasteiger partial charge on any atom is 0.411 e. The Labute approximate surface area is 166 Å². The van der Waals surface area contributed by atoms with Gasteiger partial charge in [0, 0.05) is 26.7 Å². The van der Waals surface area contributed by atoms with E-state index < -0.39 is 12.8 Å². The number of halogens is 4. The number of likely N-dealkylation sites (tertiary alicyclic amines) is 1. The third-order valence-corrected chi connectivity index (χ3v) is 3.89. The van der Waals surface area contributed by atoms with E-state index in [2.05, 4.69) is 25.3 Å². The van der Waals surface area contributed by atoms with Crippen molar-refractivity contribution in [1.29, 1.82) is 0 Å². The summed E-state index contributed by atoms with van der Waals surface area (Å²) in [6.07, 6.45) is 2.59. The molecule has 1 aliphatic rings. The second-order valence-electron chi connectivity index (χ2n) is 6.06. The van der Waals surface area contributed by atoms with E-state index in [1.165, 1.54) is 38.8 Å². The van der Waals surface area contributed by atoms with Crippen LogP contribution in [0.3, 0.4) is 0 Å². The Bertz CT molecular complexity index is 349. The number of nitrogens with zero attached hydrogens (tertiary/aromatic N) is 2. The van der Waals surface area contributed by atoms with Gasteiger partial charge in [0.25, 0.3) is 0 Å². The predicted molar refractivity (Wildman–Crippen MR) is 106 cm³/mol. The minimum absolute atomic E-state index is 0. The minimum atomic E-state index is -4.25. The van der Waals surface area contributed by atoms with E-state index in [1.807, 2.05) is 0 Å². The quantitative estimate of drug-likeness (QED) is 0.231. The molecule has 0 aromatic heterocycles. The summed E-state index contributed by atoms with van der Waals surface area (Å²) in [4.78, 5) is 6.62. The number of aliphatic imine (C=N–C) groups is 1. The number of hydrogen-bond donors (Lipinski definition) is 2. The minimum Gasteiger partial charge on any atom is -0.372 e. The van der Waals surface area contributed by atoms with Crippen molar-refractivity contribution in [3.8, 4) is 0 Å². The highest BCUT2D eigenvalue weighted by Crippen LogP contribution is 2.14. The molecule has 25 heavy (non-hydrogen) atoms. The van der Waals surface area contributed by atoms with Crippen LogP contribution in [0.15, 0.2) is 4.99 Å². The molecule has 0 unspecified atom stereocenters. The largest absolute Gasteiger partial charge is 0.411 e. The first-order valence-electron chi connectivity index (χ1n) is 8.82. The van der Waals surface area contributed by atoms with Crippen molar-refractivity contribution in [2.75, 3.05) is 53.0 Å². The lowest BCUT2D eigenvalue weighted by molar-refractivity contribution is -0.173. The summed E-state index contributed by atoms with van der Waals surface area (Å²) in [6.45, 7) is 3.75. The number of rotatable bonds is 9. The van der Waals surface area contributed by atoms with Crippen LogP contribution in [0, 0.1) is 0 Å². The standard InChI is InChI=1S/C16H31F3N4O.HI/c1-20-15(22-9-7-13-24-14-16(17,18)19)21-8-6-12-23-10-4-2-3-5-11-23;/h2-14H2,1H3,(H2,20,21,22);1H. The van der Waals surface area contributed by atoms with Crippen molar-refractivity contribution >= 4 is 29.9 Å². The van der Waals surface area contributed by atoms with Gasteiger partial charge in [-0.3, -0.25) is 4.99 Å². The van der Waals surface area contributed by atoms with Gasteiger partial charge in [0.05, 0.1) is 0 Å². The molecule has 1 aliphatic heterocycles. The zero-order chi connectivity index (χ0) is 17.7. The van der Waals surface area contributed by atoms with Crippen LogP contribution in [0.1, 0.15) is 38.5 Å². The molecule has 0 aliphatic carbocycles. The fourth-order valence-corrected chi connectivity index (χ4v) is 2.66.